The lowest BCUT2D eigenvalue weighted by atomic mass is 10.3. The number of unbranched alkanes of at least 4 members (excludes halogenated alkanes) is 1. The lowest BCUT2D eigenvalue weighted by Crippen LogP contribution is -1.61. The van der Waals surface area contributed by atoms with Gasteiger partial charge < -0.3 is 4.98 Å². The second-order valence-electron chi connectivity index (χ2n) is 3.06. The van der Waals surface area contributed by atoms with Crippen molar-refractivity contribution in [1.29, 1.82) is 0 Å². The van der Waals surface area contributed by atoms with Gasteiger partial charge in [0.2, 0.25) is 0 Å². The number of fused-ring (bicyclic) bond motifs is 1. The summed E-state index contributed by atoms with van der Waals surface area (Å²) in [4.78, 5) is 3.12. The molecule has 1 aromatic carbocycles. The van der Waals surface area contributed by atoms with Crippen molar-refractivity contribution in [2.24, 2.45) is 0 Å². The maximum absolute atomic E-state index is 3.12. The van der Waals surface area contributed by atoms with Crippen molar-refractivity contribution in [3.8, 4) is 0 Å². The highest BCUT2D eigenvalue weighted by Gasteiger charge is 1.86. The van der Waals surface area contributed by atoms with Crippen LogP contribution in [0.2, 0.25) is 0 Å². The van der Waals surface area contributed by atoms with Gasteiger partial charge in [0.25, 0.3) is 0 Å². The van der Waals surface area contributed by atoms with Crippen LogP contribution in [0.5, 0.6) is 0 Å². The first-order valence-electron chi connectivity index (χ1n) is 4.90. The molecule has 0 unspecified atom stereocenters. The van der Waals surface area contributed by atoms with Crippen LogP contribution in [0.1, 0.15) is 26.7 Å². The average molecular weight is 175 g/mol. The number of benzene rings is 1. The Labute approximate surface area is 79.8 Å². The van der Waals surface area contributed by atoms with Gasteiger partial charge in [-0.1, -0.05) is 44.9 Å². The highest BCUT2D eigenvalue weighted by atomic mass is 14.6. The molecule has 1 N–H and O–H groups in total. The van der Waals surface area contributed by atoms with E-state index in [1.165, 1.54) is 23.7 Å². The summed E-state index contributed by atoms with van der Waals surface area (Å²) < 4.78 is 0. The van der Waals surface area contributed by atoms with E-state index in [1.807, 2.05) is 18.3 Å². The molecule has 0 aliphatic carbocycles. The third kappa shape index (κ3) is 2.94. The summed E-state index contributed by atoms with van der Waals surface area (Å²) in [5, 5.41) is 1.28. The van der Waals surface area contributed by atoms with Gasteiger partial charge in [-0.25, -0.2) is 0 Å². The van der Waals surface area contributed by atoms with Crippen molar-refractivity contribution in [2.45, 2.75) is 26.7 Å². The van der Waals surface area contributed by atoms with E-state index < -0.39 is 0 Å². The SMILES string of the molecule is CCCC.c1ccc2[nH]ccc2c1. The van der Waals surface area contributed by atoms with E-state index >= 15 is 0 Å². The Morgan fingerprint density at radius 1 is 1.00 bits per heavy atom. The van der Waals surface area contributed by atoms with Crippen molar-refractivity contribution in [2.75, 3.05) is 0 Å². The smallest absolute Gasteiger partial charge is 0.0453 e. The van der Waals surface area contributed by atoms with E-state index in [-0.39, 0.29) is 0 Å². The molecule has 0 atom stereocenters. The zero-order chi connectivity index (χ0) is 9.52. The lowest BCUT2D eigenvalue weighted by molar-refractivity contribution is 0.886. The highest BCUT2D eigenvalue weighted by Crippen LogP contribution is 2.09. The summed E-state index contributed by atoms with van der Waals surface area (Å²) in [6.45, 7) is 4.36. The minimum absolute atomic E-state index is 1.21. The fraction of sp³-hybridized carbons (Fsp3) is 0.333. The third-order valence-corrected chi connectivity index (χ3v) is 1.96. The van der Waals surface area contributed by atoms with Crippen molar-refractivity contribution in [3.63, 3.8) is 0 Å². The van der Waals surface area contributed by atoms with Gasteiger partial charge >= 0.3 is 0 Å². The Hall–Kier alpha value is -1.24. The van der Waals surface area contributed by atoms with Crippen LogP contribution in [0, 0.1) is 0 Å². The molecule has 1 aromatic heterocycles. The minimum Gasteiger partial charge on any atom is -0.361 e. The predicted molar refractivity (Wildman–Crippen MR) is 58.9 cm³/mol. The monoisotopic (exact) mass is 175 g/mol. The van der Waals surface area contributed by atoms with Gasteiger partial charge in [-0.3, -0.25) is 0 Å². The fourth-order valence-electron chi connectivity index (χ4n) is 0.995. The number of rotatable bonds is 1. The topological polar surface area (TPSA) is 15.8 Å². The van der Waals surface area contributed by atoms with Crippen molar-refractivity contribution in [1.82, 2.24) is 4.98 Å². The normalized spacial score (nSPS) is 9.38. The van der Waals surface area contributed by atoms with E-state index in [4.69, 9.17) is 0 Å². The van der Waals surface area contributed by atoms with E-state index in [9.17, 15) is 0 Å². The quantitative estimate of drug-likeness (QED) is 0.675. The summed E-state index contributed by atoms with van der Waals surface area (Å²) in [5.74, 6) is 0. The molecule has 2 aromatic rings. The Morgan fingerprint density at radius 2 is 1.69 bits per heavy atom. The number of aromatic amines is 1. The molecule has 0 fully saturated rings. The second-order valence-corrected chi connectivity index (χ2v) is 3.06. The van der Waals surface area contributed by atoms with E-state index in [0.29, 0.717) is 0 Å². The molecule has 0 spiro atoms. The molecular formula is C12H17N. The molecule has 0 bridgehead atoms. The summed E-state index contributed by atoms with van der Waals surface area (Å²) in [6.07, 6.45) is 4.59. The summed E-state index contributed by atoms with van der Waals surface area (Å²) >= 11 is 0. The van der Waals surface area contributed by atoms with Gasteiger partial charge in [0.15, 0.2) is 0 Å². The molecule has 1 nitrogen and oxygen atoms in total. The number of hydrogen-bond donors (Lipinski definition) is 1. The lowest BCUT2D eigenvalue weighted by Gasteiger charge is -1.83. The molecule has 2 rings (SSSR count). The molecule has 0 saturated carbocycles. The number of para-hydroxylation sites is 1. The van der Waals surface area contributed by atoms with Crippen LogP contribution >= 0.6 is 0 Å². The zero-order valence-electron chi connectivity index (χ0n) is 8.38. The average Bonchev–Trinajstić information content (AvgIpc) is 2.66. The van der Waals surface area contributed by atoms with Crippen molar-refractivity contribution < 1.29 is 0 Å². The van der Waals surface area contributed by atoms with Crippen molar-refractivity contribution >= 4 is 10.9 Å². The molecule has 0 amide bonds. The molecule has 0 aliphatic rings. The molecule has 0 aliphatic heterocycles. The Kier molecular flexibility index (Phi) is 4.10. The van der Waals surface area contributed by atoms with Gasteiger partial charge in [0, 0.05) is 11.7 Å². The largest absolute Gasteiger partial charge is 0.361 e. The van der Waals surface area contributed by atoms with Crippen LogP contribution < -0.4 is 0 Å². The minimum atomic E-state index is 1.21. The van der Waals surface area contributed by atoms with Crippen LogP contribution in [0.4, 0.5) is 0 Å². The van der Waals surface area contributed by atoms with Crippen LogP contribution in [0.15, 0.2) is 36.5 Å². The molecule has 13 heavy (non-hydrogen) atoms. The summed E-state index contributed by atoms with van der Waals surface area (Å²) in [6, 6.07) is 10.3. The summed E-state index contributed by atoms with van der Waals surface area (Å²) in [7, 11) is 0. The summed E-state index contributed by atoms with van der Waals surface area (Å²) in [5.41, 5.74) is 1.21. The number of aromatic nitrogens is 1. The Bertz CT molecular complexity index is 303. The maximum Gasteiger partial charge on any atom is 0.0453 e. The second kappa shape index (κ2) is 5.41. The fourth-order valence-corrected chi connectivity index (χ4v) is 0.995. The molecular weight excluding hydrogens is 158 g/mol. The van der Waals surface area contributed by atoms with Crippen LogP contribution in [0.25, 0.3) is 10.9 Å². The van der Waals surface area contributed by atoms with Crippen LogP contribution in [-0.4, -0.2) is 4.98 Å². The van der Waals surface area contributed by atoms with Gasteiger partial charge in [0.1, 0.15) is 0 Å². The predicted octanol–water partition coefficient (Wildman–Crippen LogP) is 3.97. The highest BCUT2D eigenvalue weighted by molar-refractivity contribution is 5.78. The molecule has 70 valence electrons. The standard InChI is InChI=1S/C8H7N.C4H10/c1-2-4-8-7(3-1)5-6-9-8;1-3-4-2/h1-6,9H;3-4H2,1-2H3. The van der Waals surface area contributed by atoms with Gasteiger partial charge in [-0.05, 0) is 17.5 Å². The number of H-pyrrole nitrogens is 1. The van der Waals surface area contributed by atoms with Gasteiger partial charge in [-0.15, -0.1) is 0 Å². The van der Waals surface area contributed by atoms with Crippen molar-refractivity contribution in [3.05, 3.63) is 36.5 Å². The number of hydrogen-bond acceptors (Lipinski definition) is 0. The Morgan fingerprint density at radius 3 is 2.31 bits per heavy atom. The van der Waals surface area contributed by atoms with Crippen LogP contribution in [0.3, 0.4) is 0 Å². The third-order valence-electron chi connectivity index (χ3n) is 1.96. The van der Waals surface area contributed by atoms with Gasteiger partial charge in [0.05, 0.1) is 0 Å². The molecule has 1 heterocycles. The number of nitrogens with one attached hydrogen (secondary N) is 1. The molecule has 0 saturated heterocycles. The van der Waals surface area contributed by atoms with Gasteiger partial charge in [-0.2, -0.15) is 0 Å². The zero-order valence-corrected chi connectivity index (χ0v) is 8.38. The Balaban J connectivity index is 0.000000184. The van der Waals surface area contributed by atoms with E-state index in [2.05, 4.69) is 37.0 Å². The maximum atomic E-state index is 3.12. The molecule has 0 radical (unpaired) electrons. The molecule has 1 heteroatoms. The first-order chi connectivity index (χ1) is 6.38. The van der Waals surface area contributed by atoms with Crippen LogP contribution in [-0.2, 0) is 0 Å². The van der Waals surface area contributed by atoms with E-state index in [0.717, 1.165) is 0 Å². The van der Waals surface area contributed by atoms with E-state index in [1.54, 1.807) is 0 Å². The first-order valence-corrected chi connectivity index (χ1v) is 4.90. The first kappa shape index (κ1) is 9.85.